The Balaban J connectivity index is 1.65. The first-order valence-electron chi connectivity index (χ1n) is 6.01. The van der Waals surface area contributed by atoms with Crippen LogP contribution in [0, 0.1) is 0 Å². The summed E-state index contributed by atoms with van der Waals surface area (Å²) in [5, 5.41) is 10.2. The zero-order chi connectivity index (χ0) is 14.7. The van der Waals surface area contributed by atoms with E-state index in [4.69, 9.17) is 20.8 Å². The van der Waals surface area contributed by atoms with Gasteiger partial charge in [0.1, 0.15) is 4.88 Å². The molecule has 0 aliphatic heterocycles. The molecule has 0 unspecified atom stereocenters. The lowest BCUT2D eigenvalue weighted by molar-refractivity contribution is 0.0444. The molecule has 2 aromatic heterocycles. The molecular formula is C14H9ClN2O3S. The van der Waals surface area contributed by atoms with E-state index in [0.717, 1.165) is 5.56 Å². The van der Waals surface area contributed by atoms with Crippen molar-refractivity contribution in [2.24, 2.45) is 0 Å². The summed E-state index contributed by atoms with van der Waals surface area (Å²) in [7, 11) is 0. The van der Waals surface area contributed by atoms with Gasteiger partial charge in [-0.2, -0.15) is 0 Å². The number of hydrogen-bond donors (Lipinski definition) is 0. The average Bonchev–Trinajstić information content (AvgIpc) is 3.17. The Morgan fingerprint density at radius 1 is 1.24 bits per heavy atom. The van der Waals surface area contributed by atoms with Gasteiger partial charge in [0.2, 0.25) is 5.89 Å². The van der Waals surface area contributed by atoms with E-state index in [2.05, 4.69) is 10.2 Å². The SMILES string of the molecule is O=C(OCc1nnc(-c2ccc(Cl)cc2)o1)c1cccs1. The van der Waals surface area contributed by atoms with E-state index in [1.165, 1.54) is 11.3 Å². The van der Waals surface area contributed by atoms with E-state index in [1.807, 2.05) is 5.38 Å². The maximum absolute atomic E-state index is 11.7. The predicted molar refractivity (Wildman–Crippen MR) is 78.2 cm³/mol. The third-order valence-electron chi connectivity index (χ3n) is 2.61. The lowest BCUT2D eigenvalue weighted by atomic mass is 10.2. The van der Waals surface area contributed by atoms with Gasteiger partial charge in [-0.15, -0.1) is 21.5 Å². The molecule has 1 aromatic carbocycles. The second-order valence-electron chi connectivity index (χ2n) is 4.06. The number of rotatable bonds is 4. The summed E-state index contributed by atoms with van der Waals surface area (Å²) in [6, 6.07) is 10.5. The molecule has 0 spiro atoms. The molecule has 0 radical (unpaired) electrons. The number of thiophene rings is 1. The first kappa shape index (κ1) is 13.8. The summed E-state index contributed by atoms with van der Waals surface area (Å²) in [5.74, 6) is 0.190. The molecule has 7 heteroatoms. The molecule has 0 fully saturated rings. The fourth-order valence-electron chi connectivity index (χ4n) is 1.61. The summed E-state index contributed by atoms with van der Waals surface area (Å²) in [6.07, 6.45) is 0. The maximum atomic E-state index is 11.7. The molecule has 3 aromatic rings. The van der Waals surface area contributed by atoms with Crippen molar-refractivity contribution in [3.8, 4) is 11.5 Å². The van der Waals surface area contributed by atoms with Crippen LogP contribution in [0.5, 0.6) is 0 Å². The molecular weight excluding hydrogens is 312 g/mol. The topological polar surface area (TPSA) is 65.2 Å². The van der Waals surface area contributed by atoms with Crippen LogP contribution in [0.2, 0.25) is 5.02 Å². The molecule has 21 heavy (non-hydrogen) atoms. The van der Waals surface area contributed by atoms with Crippen molar-refractivity contribution in [2.75, 3.05) is 0 Å². The highest BCUT2D eigenvalue weighted by atomic mass is 35.5. The molecule has 3 rings (SSSR count). The van der Waals surface area contributed by atoms with Gasteiger partial charge in [-0.05, 0) is 35.7 Å². The largest absolute Gasteiger partial charge is 0.451 e. The van der Waals surface area contributed by atoms with Crippen LogP contribution in [0.4, 0.5) is 0 Å². The minimum Gasteiger partial charge on any atom is -0.451 e. The van der Waals surface area contributed by atoms with Crippen molar-refractivity contribution in [3.63, 3.8) is 0 Å². The van der Waals surface area contributed by atoms with Gasteiger partial charge in [-0.1, -0.05) is 17.7 Å². The van der Waals surface area contributed by atoms with E-state index in [0.29, 0.717) is 15.8 Å². The molecule has 0 amide bonds. The standard InChI is InChI=1S/C14H9ClN2O3S/c15-10-5-3-9(4-6-10)13-17-16-12(20-13)8-19-14(18)11-2-1-7-21-11/h1-7H,8H2. The number of halogens is 1. The maximum Gasteiger partial charge on any atom is 0.348 e. The summed E-state index contributed by atoms with van der Waals surface area (Å²) < 4.78 is 10.5. The second kappa shape index (κ2) is 6.07. The molecule has 0 aliphatic rings. The molecule has 0 bridgehead atoms. The third kappa shape index (κ3) is 3.29. The lowest BCUT2D eigenvalue weighted by Crippen LogP contribution is -2.03. The Hall–Kier alpha value is -2.18. The van der Waals surface area contributed by atoms with Crippen LogP contribution < -0.4 is 0 Å². The van der Waals surface area contributed by atoms with Crippen LogP contribution in [0.1, 0.15) is 15.6 Å². The summed E-state index contributed by atoms with van der Waals surface area (Å²) in [4.78, 5) is 12.2. The highest BCUT2D eigenvalue weighted by Crippen LogP contribution is 2.20. The van der Waals surface area contributed by atoms with E-state index in [9.17, 15) is 4.79 Å². The van der Waals surface area contributed by atoms with Crippen molar-refractivity contribution >= 4 is 28.9 Å². The molecule has 0 N–H and O–H groups in total. The van der Waals surface area contributed by atoms with Gasteiger partial charge in [0, 0.05) is 10.6 Å². The minimum absolute atomic E-state index is 0.0582. The molecule has 0 atom stereocenters. The van der Waals surface area contributed by atoms with Crippen LogP contribution in [0.3, 0.4) is 0 Å². The summed E-state index contributed by atoms with van der Waals surface area (Å²) >= 11 is 7.13. The Labute approximate surface area is 129 Å². The summed E-state index contributed by atoms with van der Waals surface area (Å²) in [5.41, 5.74) is 0.753. The number of nitrogens with zero attached hydrogens (tertiary/aromatic N) is 2. The fourth-order valence-corrected chi connectivity index (χ4v) is 2.36. The molecule has 106 valence electrons. The molecule has 0 saturated heterocycles. The van der Waals surface area contributed by atoms with Gasteiger partial charge in [0.15, 0.2) is 6.61 Å². The van der Waals surface area contributed by atoms with Gasteiger partial charge in [-0.3, -0.25) is 0 Å². The van der Waals surface area contributed by atoms with Crippen LogP contribution in [0.25, 0.3) is 11.5 Å². The number of aromatic nitrogens is 2. The van der Waals surface area contributed by atoms with E-state index in [1.54, 1.807) is 36.4 Å². The Morgan fingerprint density at radius 2 is 2.05 bits per heavy atom. The fraction of sp³-hybridized carbons (Fsp3) is 0.0714. The average molecular weight is 321 g/mol. The highest BCUT2D eigenvalue weighted by Gasteiger charge is 2.12. The Bertz CT molecular complexity index is 738. The monoisotopic (exact) mass is 320 g/mol. The Kier molecular flexibility index (Phi) is 3.98. The van der Waals surface area contributed by atoms with Crippen LogP contribution in [-0.4, -0.2) is 16.2 Å². The molecule has 5 nitrogen and oxygen atoms in total. The van der Waals surface area contributed by atoms with Crippen molar-refractivity contribution in [1.29, 1.82) is 0 Å². The number of carbonyl (C=O) groups is 1. The molecule has 2 heterocycles. The van der Waals surface area contributed by atoms with E-state index in [-0.39, 0.29) is 12.5 Å². The van der Waals surface area contributed by atoms with Gasteiger partial charge in [0.25, 0.3) is 5.89 Å². The Morgan fingerprint density at radius 3 is 2.76 bits per heavy atom. The zero-order valence-electron chi connectivity index (χ0n) is 10.7. The van der Waals surface area contributed by atoms with Crippen molar-refractivity contribution in [3.05, 3.63) is 57.6 Å². The van der Waals surface area contributed by atoms with Crippen LogP contribution in [0.15, 0.2) is 46.2 Å². The van der Waals surface area contributed by atoms with E-state index < -0.39 is 5.97 Å². The van der Waals surface area contributed by atoms with E-state index >= 15 is 0 Å². The van der Waals surface area contributed by atoms with Gasteiger partial charge < -0.3 is 9.15 Å². The number of hydrogen-bond acceptors (Lipinski definition) is 6. The first-order valence-corrected chi connectivity index (χ1v) is 7.27. The number of benzene rings is 1. The second-order valence-corrected chi connectivity index (χ2v) is 5.45. The van der Waals surface area contributed by atoms with Gasteiger partial charge in [-0.25, -0.2) is 4.79 Å². The quantitative estimate of drug-likeness (QED) is 0.684. The van der Waals surface area contributed by atoms with Crippen LogP contribution in [-0.2, 0) is 11.3 Å². The number of carbonyl (C=O) groups excluding carboxylic acids is 1. The summed E-state index contributed by atoms with van der Waals surface area (Å²) in [6.45, 7) is -0.0582. The molecule has 0 saturated carbocycles. The minimum atomic E-state index is -0.406. The van der Waals surface area contributed by atoms with Crippen molar-refractivity contribution < 1.29 is 13.9 Å². The van der Waals surface area contributed by atoms with Gasteiger partial charge in [0.05, 0.1) is 0 Å². The lowest BCUT2D eigenvalue weighted by Gasteiger charge is -1.98. The van der Waals surface area contributed by atoms with Crippen molar-refractivity contribution in [2.45, 2.75) is 6.61 Å². The third-order valence-corrected chi connectivity index (χ3v) is 3.71. The molecule has 0 aliphatic carbocycles. The number of esters is 1. The highest BCUT2D eigenvalue weighted by molar-refractivity contribution is 7.11. The van der Waals surface area contributed by atoms with Gasteiger partial charge >= 0.3 is 5.97 Å². The predicted octanol–water partition coefficient (Wildman–Crippen LogP) is 3.81. The van der Waals surface area contributed by atoms with Crippen LogP contribution >= 0.6 is 22.9 Å². The normalized spacial score (nSPS) is 10.5. The van der Waals surface area contributed by atoms with Crippen molar-refractivity contribution in [1.82, 2.24) is 10.2 Å². The smallest absolute Gasteiger partial charge is 0.348 e. The number of ether oxygens (including phenoxy) is 1. The first-order chi connectivity index (χ1) is 10.2. The zero-order valence-corrected chi connectivity index (χ0v) is 12.2.